The Bertz CT molecular complexity index is 450. The molecule has 1 aliphatic heterocycles. The molecule has 0 saturated carbocycles. The molecular weight excluding hydrogens is 231 g/mol. The van der Waals surface area contributed by atoms with Crippen molar-refractivity contribution >= 4 is 0 Å². The molecule has 0 aromatic heterocycles. The van der Waals surface area contributed by atoms with Gasteiger partial charge in [-0.05, 0) is 18.1 Å². The first-order valence-corrected chi connectivity index (χ1v) is 5.21. The second kappa shape index (κ2) is 4.38. The second-order valence-electron chi connectivity index (χ2n) is 3.90. The third-order valence-corrected chi connectivity index (χ3v) is 2.83. The minimum atomic E-state index is -4.41. The van der Waals surface area contributed by atoms with Crippen molar-refractivity contribution in [3.05, 3.63) is 35.4 Å². The lowest BCUT2D eigenvalue weighted by molar-refractivity contribution is -0.139. The van der Waals surface area contributed by atoms with Crippen molar-refractivity contribution in [3.63, 3.8) is 0 Å². The highest BCUT2D eigenvalue weighted by Crippen LogP contribution is 2.41. The molecule has 0 N–H and O–H groups in total. The van der Waals surface area contributed by atoms with E-state index in [9.17, 15) is 13.2 Å². The summed E-state index contributed by atoms with van der Waals surface area (Å²) < 4.78 is 43.6. The van der Waals surface area contributed by atoms with Crippen LogP contribution < -0.4 is 0 Å². The zero-order chi connectivity index (χ0) is 12.5. The number of hydrogen-bond acceptors (Lipinski definition) is 2. The highest BCUT2D eigenvalue weighted by molar-refractivity contribution is 5.33. The maximum Gasteiger partial charge on any atom is 0.416 e. The average Bonchev–Trinajstić information content (AvgIpc) is 2.75. The van der Waals surface area contributed by atoms with Crippen LogP contribution in [0.5, 0.6) is 0 Å². The van der Waals surface area contributed by atoms with Crippen LogP contribution in [0.15, 0.2) is 24.3 Å². The van der Waals surface area contributed by atoms with Gasteiger partial charge in [-0.15, -0.1) is 0 Å². The fourth-order valence-corrected chi connectivity index (χ4v) is 2.03. The number of rotatable bonds is 1. The number of benzene rings is 1. The molecule has 17 heavy (non-hydrogen) atoms. The Labute approximate surface area is 96.6 Å². The Hall–Kier alpha value is -1.54. The molecule has 0 bridgehead atoms. The van der Waals surface area contributed by atoms with Crippen LogP contribution in [0.1, 0.15) is 23.7 Å². The van der Waals surface area contributed by atoms with Crippen LogP contribution in [-0.4, -0.2) is 6.61 Å². The summed E-state index contributed by atoms with van der Waals surface area (Å²) in [7, 11) is 0. The Kier molecular flexibility index (Phi) is 3.07. The molecule has 1 saturated heterocycles. The molecule has 1 aromatic carbocycles. The molecular formula is C12H10F3NO. The molecule has 0 spiro atoms. The van der Waals surface area contributed by atoms with E-state index in [0.717, 1.165) is 6.07 Å². The van der Waals surface area contributed by atoms with Crippen LogP contribution in [0.4, 0.5) is 13.2 Å². The van der Waals surface area contributed by atoms with Gasteiger partial charge in [0.15, 0.2) is 0 Å². The zero-order valence-corrected chi connectivity index (χ0v) is 8.87. The molecule has 2 rings (SSSR count). The fraction of sp³-hybridized carbons (Fsp3) is 0.417. The highest BCUT2D eigenvalue weighted by Gasteiger charge is 2.39. The molecule has 0 aliphatic carbocycles. The van der Waals surface area contributed by atoms with E-state index in [-0.39, 0.29) is 5.56 Å². The molecule has 2 nitrogen and oxygen atoms in total. The molecule has 90 valence electrons. The Morgan fingerprint density at radius 3 is 2.65 bits per heavy atom. The predicted molar refractivity (Wildman–Crippen MR) is 53.9 cm³/mol. The van der Waals surface area contributed by atoms with Gasteiger partial charge in [-0.1, -0.05) is 18.2 Å². The van der Waals surface area contributed by atoms with Crippen molar-refractivity contribution in [2.45, 2.75) is 18.7 Å². The van der Waals surface area contributed by atoms with Crippen LogP contribution in [-0.2, 0) is 10.9 Å². The number of halogens is 3. The van der Waals surface area contributed by atoms with E-state index in [2.05, 4.69) is 0 Å². The van der Waals surface area contributed by atoms with E-state index >= 15 is 0 Å². The van der Waals surface area contributed by atoms with Crippen molar-refractivity contribution in [2.24, 2.45) is 5.92 Å². The van der Waals surface area contributed by atoms with Crippen LogP contribution >= 0.6 is 0 Å². The number of ether oxygens (including phenoxy) is 1. The van der Waals surface area contributed by atoms with E-state index in [4.69, 9.17) is 10.00 Å². The summed E-state index contributed by atoms with van der Waals surface area (Å²) in [4.78, 5) is 0. The SMILES string of the molecule is N#CC1CCOC1c1ccccc1C(F)(F)F. The predicted octanol–water partition coefficient (Wildman–Crippen LogP) is 3.31. The molecule has 5 heteroatoms. The van der Waals surface area contributed by atoms with Crippen LogP contribution in [0.3, 0.4) is 0 Å². The summed E-state index contributed by atoms with van der Waals surface area (Å²) in [5.41, 5.74) is -0.656. The summed E-state index contributed by atoms with van der Waals surface area (Å²) in [5.74, 6) is -0.501. The summed E-state index contributed by atoms with van der Waals surface area (Å²) >= 11 is 0. The van der Waals surface area contributed by atoms with Crippen molar-refractivity contribution in [3.8, 4) is 6.07 Å². The summed E-state index contributed by atoms with van der Waals surface area (Å²) in [5, 5.41) is 8.88. The van der Waals surface area contributed by atoms with Crippen molar-refractivity contribution < 1.29 is 17.9 Å². The summed E-state index contributed by atoms with van der Waals surface area (Å²) in [6.45, 7) is 0.328. The van der Waals surface area contributed by atoms with Gasteiger partial charge in [-0.25, -0.2) is 0 Å². The van der Waals surface area contributed by atoms with Crippen LogP contribution in [0.2, 0.25) is 0 Å². The normalized spacial score (nSPS) is 24.6. The first-order valence-electron chi connectivity index (χ1n) is 5.21. The summed E-state index contributed by atoms with van der Waals surface area (Å²) in [6, 6.07) is 7.26. The minimum absolute atomic E-state index is 0.0593. The maximum absolute atomic E-state index is 12.8. The topological polar surface area (TPSA) is 33.0 Å². The van der Waals surface area contributed by atoms with Crippen LogP contribution in [0.25, 0.3) is 0 Å². The average molecular weight is 241 g/mol. The van der Waals surface area contributed by atoms with Gasteiger partial charge in [0.05, 0.1) is 23.7 Å². The first-order chi connectivity index (χ1) is 8.04. The minimum Gasteiger partial charge on any atom is -0.372 e. The smallest absolute Gasteiger partial charge is 0.372 e. The Morgan fingerprint density at radius 2 is 2.00 bits per heavy atom. The van der Waals surface area contributed by atoms with E-state index in [1.165, 1.54) is 18.2 Å². The van der Waals surface area contributed by atoms with E-state index in [0.29, 0.717) is 13.0 Å². The molecule has 0 amide bonds. The summed E-state index contributed by atoms with van der Waals surface area (Å²) in [6.07, 6.45) is -4.70. The third-order valence-electron chi connectivity index (χ3n) is 2.83. The maximum atomic E-state index is 12.8. The monoisotopic (exact) mass is 241 g/mol. The lowest BCUT2D eigenvalue weighted by atomic mass is 9.93. The number of nitriles is 1. The lowest BCUT2D eigenvalue weighted by Gasteiger charge is -2.18. The molecule has 2 unspecified atom stereocenters. The third kappa shape index (κ3) is 2.27. The van der Waals surface area contributed by atoms with E-state index in [1.807, 2.05) is 6.07 Å². The fourth-order valence-electron chi connectivity index (χ4n) is 2.03. The van der Waals surface area contributed by atoms with Gasteiger partial charge in [0.2, 0.25) is 0 Å². The number of nitrogens with zero attached hydrogens (tertiary/aromatic N) is 1. The van der Waals surface area contributed by atoms with E-state index in [1.54, 1.807) is 0 Å². The van der Waals surface area contributed by atoms with Gasteiger partial charge >= 0.3 is 6.18 Å². The Morgan fingerprint density at radius 1 is 1.29 bits per heavy atom. The van der Waals surface area contributed by atoms with E-state index < -0.39 is 23.8 Å². The van der Waals surface area contributed by atoms with Crippen molar-refractivity contribution in [1.82, 2.24) is 0 Å². The molecule has 1 fully saturated rings. The van der Waals surface area contributed by atoms with Gasteiger partial charge in [-0.2, -0.15) is 18.4 Å². The molecule has 2 atom stereocenters. The quantitative estimate of drug-likeness (QED) is 0.755. The van der Waals surface area contributed by atoms with Crippen molar-refractivity contribution in [2.75, 3.05) is 6.61 Å². The van der Waals surface area contributed by atoms with Crippen LogP contribution in [0, 0.1) is 17.2 Å². The largest absolute Gasteiger partial charge is 0.416 e. The molecule has 0 radical (unpaired) electrons. The van der Waals surface area contributed by atoms with Gasteiger partial charge in [0.1, 0.15) is 0 Å². The standard InChI is InChI=1S/C12H10F3NO/c13-12(14,15)10-4-2-1-3-9(10)11-8(7-16)5-6-17-11/h1-4,8,11H,5-6H2. The van der Waals surface area contributed by atoms with Gasteiger partial charge in [0, 0.05) is 6.61 Å². The zero-order valence-electron chi connectivity index (χ0n) is 8.87. The number of hydrogen-bond donors (Lipinski definition) is 0. The molecule has 1 aliphatic rings. The molecule has 1 heterocycles. The van der Waals surface area contributed by atoms with Gasteiger partial charge in [0.25, 0.3) is 0 Å². The Balaban J connectivity index is 2.42. The van der Waals surface area contributed by atoms with Gasteiger partial charge < -0.3 is 4.74 Å². The second-order valence-corrected chi connectivity index (χ2v) is 3.90. The lowest BCUT2D eigenvalue weighted by Crippen LogP contribution is -2.14. The first kappa shape index (κ1) is 11.9. The van der Waals surface area contributed by atoms with Gasteiger partial charge in [-0.3, -0.25) is 0 Å². The van der Waals surface area contributed by atoms with Crippen molar-refractivity contribution in [1.29, 1.82) is 5.26 Å². The highest BCUT2D eigenvalue weighted by atomic mass is 19.4. The molecule has 1 aromatic rings. The number of alkyl halides is 3.